The summed E-state index contributed by atoms with van der Waals surface area (Å²) in [6.07, 6.45) is 5.12. The number of hydrogen-bond acceptors (Lipinski definition) is 5. The second kappa shape index (κ2) is 7.43. The van der Waals surface area contributed by atoms with E-state index in [9.17, 15) is 5.11 Å². The van der Waals surface area contributed by atoms with Crippen LogP contribution < -0.4 is 10.6 Å². The Balaban J connectivity index is 1.89. The summed E-state index contributed by atoms with van der Waals surface area (Å²) < 4.78 is 0. The predicted octanol–water partition coefficient (Wildman–Crippen LogP) is 2.57. The zero-order chi connectivity index (χ0) is 14.4. The molecular weight excluding hydrogens is 252 g/mol. The topological polar surface area (TPSA) is 70.1 Å². The number of aryl methyl sites for hydroxylation is 1. The van der Waals surface area contributed by atoms with Gasteiger partial charge in [-0.05, 0) is 38.5 Å². The fourth-order valence-electron chi connectivity index (χ4n) is 2.70. The fourth-order valence-corrected chi connectivity index (χ4v) is 2.70. The molecule has 0 amide bonds. The molecule has 20 heavy (non-hydrogen) atoms. The lowest BCUT2D eigenvalue weighted by Gasteiger charge is -2.26. The summed E-state index contributed by atoms with van der Waals surface area (Å²) in [6, 6.07) is 1.96. The molecule has 5 nitrogen and oxygen atoms in total. The van der Waals surface area contributed by atoms with E-state index in [-0.39, 0.29) is 6.10 Å². The minimum Gasteiger partial charge on any atom is -0.393 e. The highest BCUT2D eigenvalue weighted by molar-refractivity contribution is 5.47. The predicted molar refractivity (Wildman–Crippen MR) is 82.0 cm³/mol. The van der Waals surface area contributed by atoms with Gasteiger partial charge in [-0.3, -0.25) is 0 Å². The Labute approximate surface area is 121 Å². The van der Waals surface area contributed by atoms with Gasteiger partial charge in [-0.2, -0.15) is 0 Å². The van der Waals surface area contributed by atoms with Gasteiger partial charge in [0.25, 0.3) is 0 Å². The van der Waals surface area contributed by atoms with Crippen LogP contribution in [0.2, 0.25) is 0 Å². The summed E-state index contributed by atoms with van der Waals surface area (Å²) >= 11 is 0. The smallest absolute Gasteiger partial charge is 0.131 e. The van der Waals surface area contributed by atoms with Gasteiger partial charge in [0.1, 0.15) is 17.5 Å². The molecule has 3 N–H and O–H groups in total. The number of aliphatic hydroxyl groups is 1. The number of rotatable bonds is 6. The van der Waals surface area contributed by atoms with Crippen LogP contribution in [0.15, 0.2) is 6.07 Å². The van der Waals surface area contributed by atoms with Crippen LogP contribution in [0, 0.1) is 12.8 Å². The monoisotopic (exact) mass is 278 g/mol. The molecule has 2 atom stereocenters. The van der Waals surface area contributed by atoms with Crippen molar-refractivity contribution in [1.29, 1.82) is 0 Å². The zero-order valence-electron chi connectivity index (χ0n) is 12.5. The standard InChI is InChI=1S/C15H26N4O/c1-3-7-16-14-9-15(19-11(2)18-14)17-10-12-5-4-6-13(20)8-12/h9,12-13,20H,3-8,10H2,1-2H3,(H2,16,17,18,19). The molecule has 0 aromatic carbocycles. The van der Waals surface area contributed by atoms with E-state index in [1.54, 1.807) is 0 Å². The Morgan fingerprint density at radius 3 is 2.70 bits per heavy atom. The Bertz CT molecular complexity index is 424. The van der Waals surface area contributed by atoms with E-state index < -0.39 is 0 Å². The first-order valence-electron chi connectivity index (χ1n) is 7.69. The van der Waals surface area contributed by atoms with Gasteiger partial charge in [0.05, 0.1) is 6.10 Å². The normalized spacial score (nSPS) is 22.6. The third-order valence-corrected chi connectivity index (χ3v) is 3.72. The number of nitrogens with zero attached hydrogens (tertiary/aromatic N) is 2. The van der Waals surface area contributed by atoms with Crippen molar-refractivity contribution in [2.24, 2.45) is 5.92 Å². The maximum absolute atomic E-state index is 9.70. The van der Waals surface area contributed by atoms with Gasteiger partial charge in [0.15, 0.2) is 0 Å². The van der Waals surface area contributed by atoms with Gasteiger partial charge < -0.3 is 15.7 Å². The summed E-state index contributed by atoms with van der Waals surface area (Å²) in [6.45, 7) is 5.84. The molecule has 0 saturated heterocycles. The van der Waals surface area contributed by atoms with E-state index in [0.717, 1.165) is 56.2 Å². The van der Waals surface area contributed by atoms with E-state index in [2.05, 4.69) is 27.5 Å². The first kappa shape index (κ1) is 15.0. The number of aliphatic hydroxyl groups excluding tert-OH is 1. The molecule has 1 heterocycles. The van der Waals surface area contributed by atoms with Crippen molar-refractivity contribution >= 4 is 11.6 Å². The average Bonchev–Trinajstić information content (AvgIpc) is 2.42. The molecular formula is C15H26N4O. The third-order valence-electron chi connectivity index (χ3n) is 3.72. The molecule has 2 rings (SSSR count). The van der Waals surface area contributed by atoms with E-state index in [4.69, 9.17) is 0 Å². The van der Waals surface area contributed by atoms with Gasteiger partial charge in [-0.25, -0.2) is 9.97 Å². The Morgan fingerprint density at radius 1 is 1.25 bits per heavy atom. The van der Waals surface area contributed by atoms with Crippen molar-refractivity contribution in [1.82, 2.24) is 9.97 Å². The maximum Gasteiger partial charge on any atom is 0.131 e. The van der Waals surface area contributed by atoms with Gasteiger partial charge in [-0.15, -0.1) is 0 Å². The molecule has 0 bridgehead atoms. The van der Waals surface area contributed by atoms with Crippen molar-refractivity contribution in [3.63, 3.8) is 0 Å². The van der Waals surface area contributed by atoms with E-state index >= 15 is 0 Å². The Hall–Kier alpha value is -1.36. The van der Waals surface area contributed by atoms with E-state index in [1.807, 2.05) is 13.0 Å². The molecule has 0 radical (unpaired) electrons. The molecule has 112 valence electrons. The molecule has 1 aliphatic carbocycles. The van der Waals surface area contributed by atoms with Crippen molar-refractivity contribution < 1.29 is 5.11 Å². The second-order valence-electron chi connectivity index (χ2n) is 5.68. The molecule has 1 fully saturated rings. The van der Waals surface area contributed by atoms with E-state index in [1.165, 1.54) is 6.42 Å². The van der Waals surface area contributed by atoms with Crippen molar-refractivity contribution in [3.05, 3.63) is 11.9 Å². The largest absolute Gasteiger partial charge is 0.393 e. The van der Waals surface area contributed by atoms with Crippen LogP contribution in [0.3, 0.4) is 0 Å². The first-order chi connectivity index (χ1) is 9.67. The highest BCUT2D eigenvalue weighted by Gasteiger charge is 2.19. The quantitative estimate of drug-likeness (QED) is 0.746. The number of hydrogen-bond donors (Lipinski definition) is 3. The number of nitrogens with one attached hydrogen (secondary N) is 2. The van der Waals surface area contributed by atoms with E-state index in [0.29, 0.717) is 5.92 Å². The summed E-state index contributed by atoms with van der Waals surface area (Å²) in [4.78, 5) is 8.80. The van der Waals surface area contributed by atoms with Crippen LogP contribution in [-0.4, -0.2) is 34.3 Å². The summed E-state index contributed by atoms with van der Waals surface area (Å²) in [7, 11) is 0. The first-order valence-corrected chi connectivity index (χ1v) is 7.69. The number of aromatic nitrogens is 2. The van der Waals surface area contributed by atoms with Crippen LogP contribution in [0.25, 0.3) is 0 Å². The highest BCUT2D eigenvalue weighted by Crippen LogP contribution is 2.24. The Kier molecular flexibility index (Phi) is 5.59. The molecule has 0 spiro atoms. The lowest BCUT2D eigenvalue weighted by atomic mass is 9.87. The molecule has 0 aliphatic heterocycles. The zero-order valence-corrected chi connectivity index (χ0v) is 12.5. The second-order valence-corrected chi connectivity index (χ2v) is 5.68. The molecule has 1 aliphatic rings. The lowest BCUT2D eigenvalue weighted by Crippen LogP contribution is -2.25. The molecule has 5 heteroatoms. The summed E-state index contributed by atoms with van der Waals surface area (Å²) in [5.74, 6) is 3.07. The average molecular weight is 278 g/mol. The van der Waals surface area contributed by atoms with Crippen LogP contribution in [0.5, 0.6) is 0 Å². The third kappa shape index (κ3) is 4.63. The molecule has 1 aromatic heterocycles. The van der Waals surface area contributed by atoms with Gasteiger partial charge >= 0.3 is 0 Å². The minimum absolute atomic E-state index is 0.121. The van der Waals surface area contributed by atoms with Crippen LogP contribution in [0.4, 0.5) is 11.6 Å². The fraction of sp³-hybridized carbons (Fsp3) is 0.733. The Morgan fingerprint density at radius 2 is 2.00 bits per heavy atom. The minimum atomic E-state index is -0.121. The van der Waals surface area contributed by atoms with Crippen molar-refractivity contribution in [2.45, 2.75) is 52.1 Å². The summed E-state index contributed by atoms with van der Waals surface area (Å²) in [5.41, 5.74) is 0. The summed E-state index contributed by atoms with van der Waals surface area (Å²) in [5, 5.41) is 16.4. The SMILES string of the molecule is CCCNc1cc(NCC2CCCC(O)C2)nc(C)n1. The highest BCUT2D eigenvalue weighted by atomic mass is 16.3. The molecule has 1 aromatic rings. The number of anilines is 2. The molecule has 2 unspecified atom stereocenters. The van der Waals surface area contributed by atoms with Crippen molar-refractivity contribution in [3.8, 4) is 0 Å². The van der Waals surface area contributed by atoms with Crippen LogP contribution in [0.1, 0.15) is 44.9 Å². The van der Waals surface area contributed by atoms with Crippen LogP contribution >= 0.6 is 0 Å². The van der Waals surface area contributed by atoms with Gasteiger partial charge in [0, 0.05) is 19.2 Å². The van der Waals surface area contributed by atoms with Gasteiger partial charge in [0.2, 0.25) is 0 Å². The molecule has 1 saturated carbocycles. The van der Waals surface area contributed by atoms with Crippen molar-refractivity contribution in [2.75, 3.05) is 23.7 Å². The van der Waals surface area contributed by atoms with Gasteiger partial charge in [-0.1, -0.05) is 13.3 Å². The lowest BCUT2D eigenvalue weighted by molar-refractivity contribution is 0.104. The maximum atomic E-state index is 9.70. The van der Waals surface area contributed by atoms with Crippen LogP contribution in [-0.2, 0) is 0 Å².